The molecule has 1 aliphatic heterocycles. The van der Waals surface area contributed by atoms with Gasteiger partial charge in [-0.25, -0.2) is 42.9 Å². The maximum atomic E-state index is 15.8. The van der Waals surface area contributed by atoms with Crippen molar-refractivity contribution in [3.05, 3.63) is 129 Å². The number of hydrogen-bond donors (Lipinski definition) is 9. The molecule has 820 valence electrons. The van der Waals surface area contributed by atoms with Crippen LogP contribution in [0.1, 0.15) is 107 Å². The third-order valence-electron chi connectivity index (χ3n) is 21.6. The van der Waals surface area contributed by atoms with Crippen LogP contribution in [0.4, 0.5) is 46.4 Å². The zero-order valence-corrected chi connectivity index (χ0v) is 86.2. The molecule has 0 radical (unpaired) electrons. The standard InChI is InChI=1S/C97H138FN19O30S2/c1-69(2)86(99)91(123)103-80(14-7-23-101-93(100)126)90(122)102-74-19-18-72(67-146-96(127)113(4)24-8-11-71-17-20-81(78(98)61-71)145-28-10-16-83-87(92(124)125)105-95(149-83)117-25-9-12-77-70(3)88(109-110-89(77)117)106-94-104-79-13-5-6-15-82(79)148-94)73(62-74)63-114(64-75-65-115(111-107-75)26-31-131-35-39-135-43-47-139-51-55-143-59-57-141-53-49-137-45-41-133-37-33-129-29-21-84(118)119)97(128)147-68-76-66-116(112-108-76)27-32-132-36-40-136-44-48-140-52-56-144-60-58-142-54-50-138-46-42-134-38-34-130-30-22-85(120)121/h5-6,13,15,17-20,61-62,65-66,69,80,86H,7,9-10,12,14,16,21-60,63-64,67-68,99H2,1-4H3,(H,102,122)(H,103,123)(H,118,119)(H,120,121)(H,124,125)(H3,100,101,126)(H,104,106,109)/t80-,86-/m0/s1. The molecule has 2 atom stereocenters. The number of aromatic nitrogens is 10. The van der Waals surface area contributed by atoms with Crippen molar-refractivity contribution in [3.8, 4) is 17.6 Å². The number of aromatic carboxylic acids is 1. The number of anilines is 5. The molecule has 0 spiro atoms. The van der Waals surface area contributed by atoms with E-state index in [1.165, 1.54) is 67.1 Å². The normalized spacial score (nSPS) is 12.2. The van der Waals surface area contributed by atoms with Gasteiger partial charge in [0.2, 0.25) is 11.8 Å². The van der Waals surface area contributed by atoms with Crippen LogP contribution >= 0.6 is 22.7 Å². The SMILES string of the molecule is Cc1c(Nc2nc3ccccc3s2)nnc2c1CCCN2c1nc(C(=O)O)c(CCCOc2ccc(C#CCN(C)C(=O)OCc3ccc(NC(=O)[C@H](CCCNC(N)=O)NC(=O)[C@@H](N)C(C)C)cc3CN(Cc3cn(CCOCCOCCOCCOCCOCCOCCOCCOCCC(=O)O)nn3)C(=O)OCc3cn(CCOCCOCCOCCOCCOCCOCCOCCOCCC(=O)O)nn3)cc2F)s1. The summed E-state index contributed by atoms with van der Waals surface area (Å²) >= 11 is 2.75. The van der Waals surface area contributed by atoms with Gasteiger partial charge in [0, 0.05) is 53.9 Å². The van der Waals surface area contributed by atoms with Crippen molar-refractivity contribution in [2.45, 2.75) is 124 Å². The van der Waals surface area contributed by atoms with Crippen LogP contribution in [0.15, 0.2) is 73.1 Å². The molecule has 11 N–H and O–H groups in total. The van der Waals surface area contributed by atoms with Crippen LogP contribution in [0.3, 0.4) is 0 Å². The number of benzene rings is 3. The molecule has 49 nitrogen and oxygen atoms in total. The van der Waals surface area contributed by atoms with Crippen molar-refractivity contribution >= 4 is 108 Å². The van der Waals surface area contributed by atoms with Crippen molar-refractivity contribution < 1.29 is 148 Å². The Hall–Kier alpha value is -12.1. The highest BCUT2D eigenvalue weighted by Crippen LogP contribution is 2.40. The fourth-order valence-corrected chi connectivity index (χ4v) is 15.7. The molecule has 0 bridgehead atoms. The van der Waals surface area contributed by atoms with E-state index >= 15 is 4.39 Å². The Bertz CT molecular complexity index is 5350. The number of ether oxygens (including phenoxy) is 19. The highest BCUT2D eigenvalue weighted by Gasteiger charge is 2.31. The van der Waals surface area contributed by atoms with E-state index in [0.717, 1.165) is 34.2 Å². The maximum absolute atomic E-state index is 15.8. The van der Waals surface area contributed by atoms with E-state index < -0.39 is 72.4 Å². The molecule has 0 aliphatic carbocycles. The Labute approximate surface area is 870 Å². The van der Waals surface area contributed by atoms with Crippen LogP contribution in [0.2, 0.25) is 0 Å². The number of hydrogen-bond acceptors (Lipinski definition) is 40. The molecule has 3 aromatic carbocycles. The molecule has 6 amide bonds. The quantitative estimate of drug-likeness (QED) is 0.0141. The molecule has 0 unspecified atom stereocenters. The minimum Gasteiger partial charge on any atom is -0.491 e. The number of nitrogens with two attached hydrogens (primary N) is 2. The molecule has 1 aliphatic rings. The van der Waals surface area contributed by atoms with Crippen molar-refractivity contribution in [3.63, 3.8) is 0 Å². The summed E-state index contributed by atoms with van der Waals surface area (Å²) in [5.74, 6) is 1.59. The first-order valence-electron chi connectivity index (χ1n) is 49.1. The number of aliphatic carboxylic acids is 2. The number of nitrogens with zero attached hydrogens (tertiary/aromatic N) is 13. The Balaban J connectivity index is 0.771. The summed E-state index contributed by atoms with van der Waals surface area (Å²) in [5.41, 5.74) is 15.9. The van der Waals surface area contributed by atoms with E-state index in [4.69, 9.17) is 112 Å². The van der Waals surface area contributed by atoms with Gasteiger partial charge in [0.15, 0.2) is 39.2 Å². The van der Waals surface area contributed by atoms with E-state index in [2.05, 4.69) is 73.9 Å². The lowest BCUT2D eigenvalue weighted by molar-refractivity contribution is -0.139. The molecule has 8 aromatic rings. The van der Waals surface area contributed by atoms with Crippen molar-refractivity contribution in [1.82, 2.24) is 70.6 Å². The maximum Gasteiger partial charge on any atom is 0.410 e. The highest BCUT2D eigenvalue weighted by molar-refractivity contribution is 7.22. The number of carbonyl (C=O) groups is 8. The Morgan fingerprint density at radius 2 is 1.09 bits per heavy atom. The predicted octanol–water partition coefficient (Wildman–Crippen LogP) is 6.74. The number of carboxylic acids is 3. The molecule has 6 heterocycles. The second-order valence-electron chi connectivity index (χ2n) is 33.4. The van der Waals surface area contributed by atoms with Crippen molar-refractivity contribution in [2.75, 3.05) is 260 Å². The largest absolute Gasteiger partial charge is 0.491 e. The number of thiazole rings is 2. The summed E-state index contributed by atoms with van der Waals surface area (Å²) in [6, 6.07) is 13.8. The molecular formula is C97H138FN19O30S2. The molecular weight excluding hydrogens is 1990 g/mol. The fraction of sp³-hybridized carbons (Fsp3) is 0.588. The van der Waals surface area contributed by atoms with Gasteiger partial charge in [0.05, 0.1) is 286 Å². The Morgan fingerprint density at radius 1 is 0.564 bits per heavy atom. The van der Waals surface area contributed by atoms with Crippen molar-refractivity contribution in [1.29, 1.82) is 0 Å². The van der Waals surface area contributed by atoms with Gasteiger partial charge in [-0.3, -0.25) is 24.1 Å². The zero-order chi connectivity index (χ0) is 106. The number of carboxylic acid groups (broad SMARTS) is 3. The lowest BCUT2D eigenvalue weighted by Crippen LogP contribution is -2.51. The van der Waals surface area contributed by atoms with Crippen LogP contribution < -0.4 is 42.4 Å². The van der Waals surface area contributed by atoms with E-state index in [9.17, 15) is 43.5 Å². The number of amides is 6. The molecule has 0 fully saturated rings. The van der Waals surface area contributed by atoms with Crippen LogP contribution in [-0.4, -0.2) is 380 Å². The van der Waals surface area contributed by atoms with Crippen LogP contribution in [0.25, 0.3) is 10.2 Å². The first-order chi connectivity index (χ1) is 72.4. The summed E-state index contributed by atoms with van der Waals surface area (Å²) in [7, 11) is 1.45. The second-order valence-corrected chi connectivity index (χ2v) is 35.5. The molecule has 149 heavy (non-hydrogen) atoms. The third-order valence-corrected chi connectivity index (χ3v) is 23.7. The van der Waals surface area contributed by atoms with Crippen LogP contribution in [0.5, 0.6) is 5.75 Å². The Kier molecular flexibility index (Phi) is 57.2. The number of halogens is 1. The third kappa shape index (κ3) is 47.8. The van der Waals surface area contributed by atoms with E-state index in [0.29, 0.717) is 222 Å². The smallest absolute Gasteiger partial charge is 0.410 e. The van der Waals surface area contributed by atoms with Gasteiger partial charge >= 0.3 is 36.1 Å². The summed E-state index contributed by atoms with van der Waals surface area (Å²) < 4.78 is 126. The lowest BCUT2D eigenvalue weighted by Gasteiger charge is -2.28. The number of fused-ring (bicyclic) bond motifs is 2. The summed E-state index contributed by atoms with van der Waals surface area (Å²) in [6.07, 6.45) is 3.76. The van der Waals surface area contributed by atoms with Crippen LogP contribution in [-0.2, 0) is 157 Å². The molecule has 0 saturated carbocycles. The van der Waals surface area contributed by atoms with Gasteiger partial charge in [-0.15, -0.1) is 31.7 Å². The summed E-state index contributed by atoms with van der Waals surface area (Å²) in [6.45, 7) is 15.7. The van der Waals surface area contributed by atoms with Crippen LogP contribution in [0, 0.1) is 30.5 Å². The number of rotatable bonds is 81. The minimum atomic E-state index is -1.19. The first kappa shape index (κ1) is 120. The van der Waals surface area contributed by atoms with Gasteiger partial charge in [0.25, 0.3) is 0 Å². The number of aryl methyl sites for hydroxylation is 1. The lowest BCUT2D eigenvalue weighted by atomic mass is 10.0. The van der Waals surface area contributed by atoms with Gasteiger partial charge in [-0.05, 0) is 105 Å². The number of carbonyl (C=O) groups excluding carboxylic acids is 5. The van der Waals surface area contributed by atoms with Crippen molar-refractivity contribution in [2.24, 2.45) is 17.4 Å². The van der Waals surface area contributed by atoms with Gasteiger partial charge in [-0.1, -0.05) is 65.7 Å². The summed E-state index contributed by atoms with van der Waals surface area (Å²) in [5, 5.41) is 66.4. The zero-order valence-electron chi connectivity index (χ0n) is 84.5. The monoisotopic (exact) mass is 2130 g/mol. The second kappa shape index (κ2) is 70.8. The van der Waals surface area contributed by atoms with Gasteiger partial charge in [0.1, 0.15) is 30.6 Å². The molecule has 52 heteroatoms. The highest BCUT2D eigenvalue weighted by atomic mass is 32.1. The number of primary amides is 1. The average molecular weight is 2130 g/mol. The van der Waals surface area contributed by atoms with E-state index in [1.54, 1.807) is 44.4 Å². The minimum absolute atomic E-state index is 0.0339. The first-order valence-corrected chi connectivity index (χ1v) is 50.8. The number of urea groups is 1. The fourth-order valence-electron chi connectivity index (χ4n) is 13.7. The topological polar surface area (TPSA) is 595 Å². The van der Waals surface area contributed by atoms with Gasteiger partial charge < -0.3 is 148 Å². The Morgan fingerprint density at radius 3 is 1.61 bits per heavy atom. The number of nitrogens with one attached hydrogen (secondary N) is 4. The van der Waals surface area contributed by atoms with Gasteiger partial charge in [-0.2, -0.15) is 0 Å². The average Bonchev–Trinajstić information content (AvgIpc) is 1.69. The van der Waals surface area contributed by atoms with E-state index in [-0.39, 0.29) is 165 Å². The molecule has 0 saturated heterocycles. The number of para-hydroxylation sites is 1. The predicted molar refractivity (Wildman–Crippen MR) is 538 cm³/mol. The van der Waals surface area contributed by atoms with E-state index in [1.807, 2.05) is 36.1 Å². The molecule has 5 aromatic heterocycles. The summed E-state index contributed by atoms with van der Waals surface area (Å²) in [4.78, 5) is 116. The molecule has 9 rings (SSSR count).